The third kappa shape index (κ3) is 5.27. The predicted octanol–water partition coefficient (Wildman–Crippen LogP) is 13.0. The number of fused-ring (bicyclic) bond motifs is 2. The van der Waals surface area contributed by atoms with E-state index in [0.29, 0.717) is 7.35 Å². The van der Waals surface area contributed by atoms with Crippen LogP contribution in [0.4, 0.5) is 0 Å². The van der Waals surface area contributed by atoms with E-state index >= 15 is 0 Å². The Morgan fingerprint density at radius 3 is 1.17 bits per heavy atom. The molecule has 0 aliphatic heterocycles. The van der Waals surface area contributed by atoms with Gasteiger partial charge in [-0.15, -0.1) is 0 Å². The fourth-order valence-electron chi connectivity index (χ4n) is 9.16. The van der Waals surface area contributed by atoms with Crippen molar-refractivity contribution in [3.05, 3.63) is 129 Å². The van der Waals surface area contributed by atoms with E-state index in [1.807, 2.05) is 0 Å². The number of benzene rings is 4. The molecule has 2 aliphatic carbocycles. The van der Waals surface area contributed by atoms with Crippen LogP contribution in [0.25, 0.3) is 34.4 Å². The summed E-state index contributed by atoms with van der Waals surface area (Å²) in [4.78, 5) is 0. The van der Waals surface area contributed by atoms with Crippen molar-refractivity contribution >= 4 is 18.1 Å². The van der Waals surface area contributed by atoms with Crippen LogP contribution in [0.5, 0.6) is 0 Å². The minimum atomic E-state index is -3.82. The van der Waals surface area contributed by atoms with Crippen molar-refractivity contribution < 1.29 is 17.7 Å². The van der Waals surface area contributed by atoms with Gasteiger partial charge in [-0.1, -0.05) is 0 Å². The molecule has 0 amide bonds. The summed E-state index contributed by atoms with van der Waals surface area (Å²) < 4.78 is 6.89. The summed E-state index contributed by atoms with van der Waals surface area (Å²) >= 11 is -3.82. The van der Waals surface area contributed by atoms with Crippen LogP contribution in [0.1, 0.15) is 96.1 Å². The van der Waals surface area contributed by atoms with E-state index in [-0.39, 0.29) is 10.8 Å². The van der Waals surface area contributed by atoms with Crippen LogP contribution in [0, 0.1) is 0 Å². The van der Waals surface area contributed by atoms with Crippen LogP contribution in [0.15, 0.2) is 96.1 Å². The number of hydrogen-bond acceptors (Lipinski definition) is 0. The van der Waals surface area contributed by atoms with Gasteiger partial charge in [0.05, 0.1) is 0 Å². The Balaban J connectivity index is 1.47. The standard InChI is InChI=1S/2C20H21.C2H7Si.2CH3.Hf/c2*1-14-12-16-6-5-7-18(19(16)13-14)15-8-10-17(11-9-15)20(2,3)4;1-3-2;;;/h2*5-13H,1-4H3;3H,1-2H3;2*1H3;. The molecule has 0 bridgehead atoms. The van der Waals surface area contributed by atoms with Crippen LogP contribution in [0.2, 0.25) is 22.5 Å². The molecule has 0 heterocycles. The molecule has 0 spiro atoms. The van der Waals surface area contributed by atoms with Crippen molar-refractivity contribution in [2.75, 3.05) is 0 Å². The monoisotopic (exact) mass is 791 g/mol. The van der Waals surface area contributed by atoms with Gasteiger partial charge in [0.1, 0.15) is 0 Å². The maximum absolute atomic E-state index is 3.82. The minimum absolute atomic E-state index is 0.157. The second-order valence-corrected chi connectivity index (χ2v) is 71.2. The Hall–Kier alpha value is -2.55. The molecule has 2 atom stereocenters. The van der Waals surface area contributed by atoms with Crippen LogP contribution in [-0.4, -0.2) is 5.98 Å². The summed E-state index contributed by atoms with van der Waals surface area (Å²) in [6.07, 6.45) is 5.16. The first-order chi connectivity index (χ1) is 21.4. The van der Waals surface area contributed by atoms with E-state index < -0.39 is 23.7 Å². The summed E-state index contributed by atoms with van der Waals surface area (Å²) in [5.41, 5.74) is 17.9. The number of rotatable bonds is 5. The Bertz CT molecular complexity index is 1740. The summed E-state index contributed by atoms with van der Waals surface area (Å²) in [5.74, 6) is -1.11. The fourth-order valence-corrected chi connectivity index (χ4v) is 53.1. The van der Waals surface area contributed by atoms with Crippen molar-refractivity contribution in [3.8, 4) is 22.3 Å². The molecule has 2 aliphatic rings. The van der Waals surface area contributed by atoms with Crippen molar-refractivity contribution in [2.24, 2.45) is 0 Å². The Labute approximate surface area is 281 Å². The second-order valence-electron chi connectivity index (χ2n) is 17.8. The molecular formula is C44H55HfSi. The summed E-state index contributed by atoms with van der Waals surface area (Å²) in [7, 11) is 0. The molecule has 0 nitrogen and oxygen atoms in total. The Morgan fingerprint density at radius 2 is 0.870 bits per heavy atom. The molecule has 4 aromatic carbocycles. The van der Waals surface area contributed by atoms with E-state index in [1.54, 1.807) is 22.3 Å². The first-order valence-corrected chi connectivity index (χ1v) is 37.9. The molecule has 4 aromatic rings. The summed E-state index contributed by atoms with van der Waals surface area (Å²) in [6, 6.07) is 33.1. The molecule has 0 fully saturated rings. The number of hydrogen-bond donors (Lipinski definition) is 0. The summed E-state index contributed by atoms with van der Waals surface area (Å²) in [5, 5.41) is 0. The molecule has 0 N–H and O–H groups in total. The molecule has 0 saturated heterocycles. The van der Waals surface area contributed by atoms with E-state index in [0.717, 1.165) is 0 Å². The van der Waals surface area contributed by atoms with Gasteiger partial charge in [-0.2, -0.15) is 0 Å². The quantitative estimate of drug-likeness (QED) is 0.177. The molecule has 2 heteroatoms. The first-order valence-electron chi connectivity index (χ1n) is 17.5. The zero-order valence-corrected chi connectivity index (χ0v) is 35.2. The third-order valence-electron chi connectivity index (χ3n) is 12.3. The Morgan fingerprint density at radius 1 is 0.522 bits per heavy atom. The van der Waals surface area contributed by atoms with Crippen molar-refractivity contribution in [3.63, 3.8) is 0 Å². The molecule has 0 aromatic heterocycles. The topological polar surface area (TPSA) is 0 Å². The molecule has 2 unspecified atom stereocenters. The summed E-state index contributed by atoms with van der Waals surface area (Å²) in [6.45, 7) is 24.1. The number of allylic oxidation sites excluding steroid dienone is 2. The third-order valence-corrected chi connectivity index (χ3v) is 79.3. The van der Waals surface area contributed by atoms with Crippen molar-refractivity contribution in [2.45, 2.75) is 96.0 Å². The van der Waals surface area contributed by atoms with Gasteiger partial charge in [-0.25, -0.2) is 0 Å². The zero-order valence-electron chi connectivity index (χ0n) is 30.5. The SMILES string of the molecule is CC1=Cc2c(-c3ccc(C(C)(C)C)cc3)cccc2[CH]1[Hf]([CH3])([CH3])([CH]1C(C)=Cc2c(-c3ccc(C(C)(C)C)cc3)cccc21)[SiH](C)C. The molecule has 46 heavy (non-hydrogen) atoms. The van der Waals surface area contributed by atoms with Gasteiger partial charge in [0.15, 0.2) is 0 Å². The van der Waals surface area contributed by atoms with Crippen LogP contribution >= 0.6 is 0 Å². The van der Waals surface area contributed by atoms with Crippen molar-refractivity contribution in [1.29, 1.82) is 0 Å². The van der Waals surface area contributed by atoms with Crippen LogP contribution in [-0.2, 0) is 28.5 Å². The fraction of sp³-hybridized carbons (Fsp3) is 0.364. The van der Waals surface area contributed by atoms with Gasteiger partial charge in [0, 0.05) is 0 Å². The van der Waals surface area contributed by atoms with Gasteiger partial charge in [0.2, 0.25) is 0 Å². The second kappa shape index (κ2) is 11.3. The van der Waals surface area contributed by atoms with Gasteiger partial charge >= 0.3 is 284 Å². The molecule has 6 rings (SSSR count). The molecular weight excluding hydrogens is 735 g/mol. The van der Waals surface area contributed by atoms with Gasteiger partial charge in [-0.05, 0) is 0 Å². The molecule has 239 valence electrons. The van der Waals surface area contributed by atoms with E-state index in [2.05, 4.69) is 175 Å². The van der Waals surface area contributed by atoms with E-state index in [9.17, 15) is 0 Å². The van der Waals surface area contributed by atoms with Gasteiger partial charge in [-0.3, -0.25) is 0 Å². The molecule has 0 radical (unpaired) electrons. The van der Waals surface area contributed by atoms with Gasteiger partial charge < -0.3 is 0 Å². The average Bonchev–Trinajstić information content (AvgIpc) is 3.52. The normalized spacial score (nSPS) is 18.9. The van der Waals surface area contributed by atoms with Crippen LogP contribution < -0.4 is 0 Å². The average molecular weight is 790 g/mol. The Kier molecular flexibility index (Phi) is 8.17. The van der Waals surface area contributed by atoms with E-state index in [1.165, 1.54) is 44.5 Å². The molecule has 0 saturated carbocycles. The van der Waals surface area contributed by atoms with E-state index in [4.69, 9.17) is 0 Å². The first kappa shape index (κ1) is 33.4. The maximum atomic E-state index is 2.87. The predicted molar refractivity (Wildman–Crippen MR) is 205 cm³/mol. The van der Waals surface area contributed by atoms with Crippen molar-refractivity contribution in [1.82, 2.24) is 0 Å². The van der Waals surface area contributed by atoms with Gasteiger partial charge in [0.25, 0.3) is 0 Å². The zero-order chi connectivity index (χ0) is 33.4. The van der Waals surface area contributed by atoms with Crippen LogP contribution in [0.3, 0.4) is 0 Å².